The Morgan fingerprint density at radius 3 is 2.42 bits per heavy atom. The van der Waals surface area contributed by atoms with Crippen LogP contribution in [0.4, 0.5) is 11.4 Å². The molecular formula is C23H24N2O5S. The van der Waals surface area contributed by atoms with Crippen molar-refractivity contribution in [3.63, 3.8) is 0 Å². The first-order valence-corrected chi connectivity index (χ1v) is 11.2. The Morgan fingerprint density at radius 1 is 0.968 bits per heavy atom. The first-order valence-electron chi connectivity index (χ1n) is 9.69. The van der Waals surface area contributed by atoms with Crippen molar-refractivity contribution >= 4 is 27.3 Å². The zero-order valence-electron chi connectivity index (χ0n) is 17.3. The first kappa shape index (κ1) is 22.2. The van der Waals surface area contributed by atoms with E-state index in [1.807, 2.05) is 31.2 Å². The lowest BCUT2D eigenvalue weighted by Crippen LogP contribution is -2.16. The van der Waals surface area contributed by atoms with Gasteiger partial charge in [-0.3, -0.25) is 9.52 Å². The molecule has 0 bridgehead atoms. The number of sulfonamides is 1. The van der Waals surface area contributed by atoms with Gasteiger partial charge < -0.3 is 14.8 Å². The Bertz CT molecular complexity index is 1140. The summed E-state index contributed by atoms with van der Waals surface area (Å²) < 4.78 is 38.7. The normalized spacial score (nSPS) is 10.9. The molecule has 0 atom stereocenters. The second-order valence-corrected chi connectivity index (χ2v) is 8.32. The van der Waals surface area contributed by atoms with E-state index in [-0.39, 0.29) is 17.2 Å². The maximum absolute atomic E-state index is 12.8. The fraction of sp³-hybridized carbons (Fsp3) is 0.174. The minimum atomic E-state index is -3.87. The van der Waals surface area contributed by atoms with E-state index >= 15 is 0 Å². The van der Waals surface area contributed by atoms with Crippen LogP contribution in [0.2, 0.25) is 0 Å². The van der Waals surface area contributed by atoms with E-state index in [0.717, 1.165) is 11.3 Å². The molecule has 0 heterocycles. The van der Waals surface area contributed by atoms with Crippen LogP contribution in [0.1, 0.15) is 12.5 Å². The summed E-state index contributed by atoms with van der Waals surface area (Å²) in [7, 11) is -2.40. The molecule has 0 unspecified atom stereocenters. The highest BCUT2D eigenvalue weighted by Crippen LogP contribution is 2.27. The Morgan fingerprint density at radius 2 is 1.71 bits per heavy atom. The minimum absolute atomic E-state index is 0.0253. The Labute approximate surface area is 182 Å². The van der Waals surface area contributed by atoms with Crippen molar-refractivity contribution in [2.24, 2.45) is 0 Å². The summed E-state index contributed by atoms with van der Waals surface area (Å²) in [6, 6.07) is 20.1. The number of carbonyl (C=O) groups is 1. The van der Waals surface area contributed by atoms with Gasteiger partial charge in [-0.1, -0.05) is 30.3 Å². The van der Waals surface area contributed by atoms with E-state index in [1.165, 1.54) is 19.2 Å². The molecule has 0 aliphatic heterocycles. The Kier molecular flexibility index (Phi) is 7.15. The van der Waals surface area contributed by atoms with Crippen LogP contribution in [0.3, 0.4) is 0 Å². The molecule has 3 aromatic rings. The molecule has 3 rings (SSSR count). The number of hydrogen-bond donors (Lipinski definition) is 2. The highest BCUT2D eigenvalue weighted by Gasteiger charge is 2.17. The molecule has 7 nitrogen and oxygen atoms in total. The lowest BCUT2D eigenvalue weighted by atomic mass is 10.1. The van der Waals surface area contributed by atoms with Gasteiger partial charge in [0.2, 0.25) is 5.91 Å². The van der Waals surface area contributed by atoms with E-state index in [2.05, 4.69) is 10.0 Å². The smallest absolute Gasteiger partial charge is 0.262 e. The van der Waals surface area contributed by atoms with Crippen molar-refractivity contribution in [3.05, 3.63) is 78.4 Å². The molecule has 0 aliphatic rings. The van der Waals surface area contributed by atoms with Gasteiger partial charge in [-0.05, 0) is 55.0 Å². The number of ether oxygens (including phenoxy) is 2. The fourth-order valence-corrected chi connectivity index (χ4v) is 4.05. The minimum Gasteiger partial charge on any atom is -0.495 e. The number of hydrogen-bond acceptors (Lipinski definition) is 5. The third-order valence-electron chi connectivity index (χ3n) is 4.38. The van der Waals surface area contributed by atoms with Gasteiger partial charge in [-0.25, -0.2) is 8.42 Å². The molecule has 0 aromatic heterocycles. The van der Waals surface area contributed by atoms with Crippen molar-refractivity contribution in [1.82, 2.24) is 0 Å². The quantitative estimate of drug-likeness (QED) is 0.523. The van der Waals surface area contributed by atoms with Crippen molar-refractivity contribution in [2.75, 3.05) is 23.8 Å². The number of nitrogens with one attached hydrogen (secondary N) is 2. The van der Waals surface area contributed by atoms with E-state index in [1.54, 1.807) is 36.4 Å². The molecule has 31 heavy (non-hydrogen) atoms. The van der Waals surface area contributed by atoms with Crippen molar-refractivity contribution in [2.45, 2.75) is 18.2 Å². The second kappa shape index (κ2) is 9.99. The molecule has 0 fully saturated rings. The average molecular weight is 441 g/mol. The molecule has 0 saturated carbocycles. The SMILES string of the molecule is CCOc1ccc(CC(=O)Nc2cccc(S(=O)(=O)Nc3ccccc3OC)c2)cc1. The molecule has 3 aromatic carbocycles. The second-order valence-electron chi connectivity index (χ2n) is 6.64. The van der Waals surface area contributed by atoms with Crippen LogP contribution in [-0.2, 0) is 21.2 Å². The van der Waals surface area contributed by atoms with Crippen LogP contribution in [0, 0.1) is 0 Å². The molecule has 0 spiro atoms. The van der Waals surface area contributed by atoms with Gasteiger partial charge in [-0.15, -0.1) is 0 Å². The van der Waals surface area contributed by atoms with Crippen LogP contribution in [0.15, 0.2) is 77.7 Å². The van der Waals surface area contributed by atoms with Crippen LogP contribution in [0.5, 0.6) is 11.5 Å². The Hall–Kier alpha value is -3.52. The number of benzene rings is 3. The summed E-state index contributed by atoms with van der Waals surface area (Å²) in [5, 5.41) is 2.74. The molecule has 0 saturated heterocycles. The summed E-state index contributed by atoms with van der Waals surface area (Å²) in [6.45, 7) is 2.48. The molecular weight excluding hydrogens is 416 g/mol. The van der Waals surface area contributed by atoms with Crippen molar-refractivity contribution in [3.8, 4) is 11.5 Å². The number of amides is 1. The number of anilines is 2. The van der Waals surface area contributed by atoms with Gasteiger partial charge in [0.05, 0.1) is 30.7 Å². The van der Waals surface area contributed by atoms with Crippen LogP contribution >= 0.6 is 0 Å². The number of para-hydroxylation sites is 2. The third kappa shape index (κ3) is 5.99. The van der Waals surface area contributed by atoms with Gasteiger partial charge >= 0.3 is 0 Å². The lowest BCUT2D eigenvalue weighted by Gasteiger charge is -2.12. The molecule has 162 valence electrons. The van der Waals surface area contributed by atoms with E-state index in [9.17, 15) is 13.2 Å². The third-order valence-corrected chi connectivity index (χ3v) is 5.74. The van der Waals surface area contributed by atoms with Gasteiger partial charge in [0.25, 0.3) is 10.0 Å². The number of methoxy groups -OCH3 is 1. The molecule has 0 aliphatic carbocycles. The lowest BCUT2D eigenvalue weighted by molar-refractivity contribution is -0.115. The zero-order valence-corrected chi connectivity index (χ0v) is 18.1. The van der Waals surface area contributed by atoms with E-state index in [0.29, 0.717) is 23.7 Å². The molecule has 0 radical (unpaired) electrons. The standard InChI is InChI=1S/C23H24N2O5S/c1-3-30-19-13-11-17(12-14-19)15-23(26)24-18-7-6-8-20(16-18)31(27,28)25-21-9-4-5-10-22(21)29-2/h4-14,16,25H,3,15H2,1-2H3,(H,24,26). The monoisotopic (exact) mass is 440 g/mol. The highest BCUT2D eigenvalue weighted by atomic mass is 32.2. The topological polar surface area (TPSA) is 93.7 Å². The summed E-state index contributed by atoms with van der Waals surface area (Å²) in [5.41, 5.74) is 1.54. The van der Waals surface area contributed by atoms with Crippen LogP contribution in [0.25, 0.3) is 0 Å². The number of rotatable bonds is 9. The van der Waals surface area contributed by atoms with Gasteiger partial charge in [0, 0.05) is 5.69 Å². The maximum atomic E-state index is 12.8. The van der Waals surface area contributed by atoms with Crippen molar-refractivity contribution < 1.29 is 22.7 Å². The van der Waals surface area contributed by atoms with Gasteiger partial charge in [0.1, 0.15) is 11.5 Å². The largest absolute Gasteiger partial charge is 0.495 e. The zero-order chi connectivity index (χ0) is 22.3. The fourth-order valence-electron chi connectivity index (χ4n) is 2.93. The summed E-state index contributed by atoms with van der Waals surface area (Å²) in [6.07, 6.45) is 0.156. The molecule has 1 amide bonds. The predicted molar refractivity (Wildman–Crippen MR) is 120 cm³/mol. The first-order chi connectivity index (χ1) is 14.9. The predicted octanol–water partition coefficient (Wildman–Crippen LogP) is 4.08. The number of carbonyl (C=O) groups excluding carboxylic acids is 1. The highest BCUT2D eigenvalue weighted by molar-refractivity contribution is 7.92. The van der Waals surface area contributed by atoms with E-state index in [4.69, 9.17) is 9.47 Å². The van der Waals surface area contributed by atoms with Gasteiger partial charge in [-0.2, -0.15) is 0 Å². The van der Waals surface area contributed by atoms with Crippen molar-refractivity contribution in [1.29, 1.82) is 0 Å². The van der Waals surface area contributed by atoms with Crippen LogP contribution < -0.4 is 19.5 Å². The average Bonchev–Trinajstić information content (AvgIpc) is 2.75. The summed E-state index contributed by atoms with van der Waals surface area (Å²) in [4.78, 5) is 12.4. The Balaban J connectivity index is 1.69. The van der Waals surface area contributed by atoms with Crippen LogP contribution in [-0.4, -0.2) is 28.0 Å². The van der Waals surface area contributed by atoms with E-state index < -0.39 is 10.0 Å². The summed E-state index contributed by atoms with van der Waals surface area (Å²) in [5.74, 6) is 0.898. The molecule has 2 N–H and O–H groups in total. The van der Waals surface area contributed by atoms with Gasteiger partial charge in [0.15, 0.2) is 0 Å². The molecule has 8 heteroatoms. The summed E-state index contributed by atoms with van der Waals surface area (Å²) >= 11 is 0. The maximum Gasteiger partial charge on any atom is 0.262 e.